The number of fused-ring (bicyclic) bond motifs is 1. The topological polar surface area (TPSA) is 77.2 Å². The molecule has 1 heterocycles. The Morgan fingerprint density at radius 2 is 1.59 bits per heavy atom. The molecule has 0 fully saturated rings. The number of carbonyl (C=O) groups excluding carboxylic acids is 1. The third-order valence-electron chi connectivity index (χ3n) is 7.02. The third-order valence-corrected chi connectivity index (χ3v) is 7.02. The molecule has 0 aliphatic heterocycles. The van der Waals surface area contributed by atoms with Gasteiger partial charge in [0.25, 0.3) is 5.69 Å². The maximum Gasteiger partial charge on any atom is 0.270 e. The largest absolute Gasteiger partial charge is 0.350 e. The van der Waals surface area contributed by atoms with Crippen molar-refractivity contribution < 1.29 is 14.1 Å². The van der Waals surface area contributed by atoms with Crippen LogP contribution in [-0.2, 0) is 11.3 Å². The highest BCUT2D eigenvalue weighted by Crippen LogP contribution is 2.37. The molecule has 1 N–H and O–H groups in total. The van der Waals surface area contributed by atoms with E-state index >= 15 is 0 Å². The Hall–Kier alpha value is -4.78. The van der Waals surface area contributed by atoms with Crippen LogP contribution in [0.1, 0.15) is 47.6 Å². The van der Waals surface area contributed by atoms with Crippen molar-refractivity contribution in [2.24, 2.45) is 0 Å². The predicted octanol–water partition coefficient (Wildman–Crippen LogP) is 7.14. The van der Waals surface area contributed by atoms with E-state index in [1.165, 1.54) is 18.2 Å². The van der Waals surface area contributed by atoms with Crippen molar-refractivity contribution in [3.63, 3.8) is 0 Å². The molecule has 2 atom stereocenters. The van der Waals surface area contributed by atoms with Gasteiger partial charge < -0.3 is 9.88 Å². The molecule has 196 valence electrons. The number of amides is 1. The molecule has 7 heteroatoms. The molecule has 1 aromatic heterocycles. The molecular weight excluding hydrogens is 493 g/mol. The fraction of sp³-hybridized carbons (Fsp3) is 0.156. The SMILES string of the molecule is CC(NC(=O)CC(c1ccc(F)cc1)c1cn(Cc2ccccc2)c2ccc([N+](=O)[O-])cc12)c1ccccc1. The van der Waals surface area contributed by atoms with Gasteiger partial charge in [0.1, 0.15) is 5.82 Å². The lowest BCUT2D eigenvalue weighted by atomic mass is 9.87. The molecule has 5 aromatic rings. The number of rotatable bonds is 9. The minimum absolute atomic E-state index is 0.0266. The minimum atomic E-state index is -0.449. The summed E-state index contributed by atoms with van der Waals surface area (Å²) >= 11 is 0. The normalized spacial score (nSPS) is 12.7. The molecule has 0 saturated heterocycles. The van der Waals surface area contributed by atoms with E-state index in [0.29, 0.717) is 11.9 Å². The molecule has 4 aromatic carbocycles. The number of hydrogen-bond donors (Lipinski definition) is 1. The molecule has 1 amide bonds. The highest BCUT2D eigenvalue weighted by Gasteiger charge is 2.25. The fourth-order valence-corrected chi connectivity index (χ4v) is 5.03. The molecule has 0 radical (unpaired) electrons. The van der Waals surface area contributed by atoms with Crippen LogP contribution in [0.25, 0.3) is 10.9 Å². The van der Waals surface area contributed by atoms with Crippen LogP contribution in [0, 0.1) is 15.9 Å². The van der Waals surface area contributed by atoms with Gasteiger partial charge in [0.05, 0.1) is 11.0 Å². The summed E-state index contributed by atoms with van der Waals surface area (Å²) in [5.74, 6) is -0.994. The Kier molecular flexibility index (Phi) is 7.50. The second-order valence-corrected chi connectivity index (χ2v) is 9.66. The summed E-state index contributed by atoms with van der Waals surface area (Å²) in [6.45, 7) is 2.48. The second-order valence-electron chi connectivity index (χ2n) is 9.66. The molecule has 0 spiro atoms. The molecule has 6 nitrogen and oxygen atoms in total. The van der Waals surface area contributed by atoms with Gasteiger partial charge >= 0.3 is 0 Å². The Labute approximate surface area is 225 Å². The lowest BCUT2D eigenvalue weighted by Gasteiger charge is -2.20. The fourth-order valence-electron chi connectivity index (χ4n) is 5.03. The standard InChI is InChI=1S/C32H28FN3O3/c1-22(24-10-6-3-7-11-24)34-32(37)19-28(25-12-14-26(33)15-13-25)30-21-35(20-23-8-4-2-5-9-23)31-17-16-27(36(38)39)18-29(30)31/h2-18,21-22,28H,19-20H2,1H3,(H,34,37). The highest BCUT2D eigenvalue weighted by atomic mass is 19.1. The van der Waals surface area contributed by atoms with Crippen molar-refractivity contribution in [2.75, 3.05) is 0 Å². The quantitative estimate of drug-likeness (QED) is 0.165. The van der Waals surface area contributed by atoms with Crippen molar-refractivity contribution in [1.29, 1.82) is 0 Å². The van der Waals surface area contributed by atoms with Crippen LogP contribution in [0.2, 0.25) is 0 Å². The Morgan fingerprint density at radius 1 is 0.923 bits per heavy atom. The van der Waals surface area contributed by atoms with E-state index in [4.69, 9.17) is 0 Å². The zero-order valence-electron chi connectivity index (χ0n) is 21.5. The van der Waals surface area contributed by atoms with Crippen molar-refractivity contribution >= 4 is 22.5 Å². The molecule has 0 saturated carbocycles. The lowest BCUT2D eigenvalue weighted by Crippen LogP contribution is -2.28. The lowest BCUT2D eigenvalue weighted by molar-refractivity contribution is -0.384. The van der Waals surface area contributed by atoms with Crippen LogP contribution in [0.15, 0.2) is 109 Å². The van der Waals surface area contributed by atoms with E-state index in [9.17, 15) is 19.3 Å². The number of carbonyl (C=O) groups is 1. The zero-order valence-corrected chi connectivity index (χ0v) is 21.5. The average Bonchev–Trinajstić information content (AvgIpc) is 3.30. The average molecular weight is 522 g/mol. The monoisotopic (exact) mass is 521 g/mol. The van der Waals surface area contributed by atoms with Gasteiger partial charge in [0.2, 0.25) is 5.91 Å². The summed E-state index contributed by atoms with van der Waals surface area (Å²) in [5, 5.41) is 15.4. The van der Waals surface area contributed by atoms with Crippen LogP contribution < -0.4 is 5.32 Å². The van der Waals surface area contributed by atoms with E-state index < -0.39 is 10.8 Å². The van der Waals surface area contributed by atoms with Gasteiger partial charge in [0, 0.05) is 48.1 Å². The molecule has 39 heavy (non-hydrogen) atoms. The predicted molar refractivity (Wildman–Crippen MR) is 150 cm³/mol. The number of nitrogens with zero attached hydrogens (tertiary/aromatic N) is 2. The van der Waals surface area contributed by atoms with E-state index in [1.807, 2.05) is 78.4 Å². The molecule has 0 aliphatic rings. The summed E-state index contributed by atoms with van der Waals surface area (Å²) in [4.78, 5) is 24.6. The van der Waals surface area contributed by atoms with Gasteiger partial charge in [-0.3, -0.25) is 14.9 Å². The molecular formula is C32H28FN3O3. The summed E-state index contributed by atoms with van der Waals surface area (Å²) < 4.78 is 15.9. The number of hydrogen-bond acceptors (Lipinski definition) is 3. The molecule has 0 aliphatic carbocycles. The Morgan fingerprint density at radius 3 is 2.26 bits per heavy atom. The second kappa shape index (κ2) is 11.3. The van der Waals surface area contributed by atoms with Crippen LogP contribution >= 0.6 is 0 Å². The van der Waals surface area contributed by atoms with Crippen molar-refractivity contribution in [2.45, 2.75) is 31.8 Å². The van der Waals surface area contributed by atoms with Gasteiger partial charge in [0.15, 0.2) is 0 Å². The minimum Gasteiger partial charge on any atom is -0.350 e. The number of nitro groups is 1. The third kappa shape index (κ3) is 5.88. The van der Waals surface area contributed by atoms with Crippen LogP contribution in [-0.4, -0.2) is 15.4 Å². The summed E-state index contributed by atoms with van der Waals surface area (Å²) in [7, 11) is 0. The van der Waals surface area contributed by atoms with Gasteiger partial charge in [-0.05, 0) is 47.4 Å². The number of nitrogens with one attached hydrogen (secondary N) is 1. The maximum absolute atomic E-state index is 13.9. The zero-order chi connectivity index (χ0) is 27.4. The first-order chi connectivity index (χ1) is 18.9. The van der Waals surface area contributed by atoms with Crippen molar-refractivity contribution in [3.8, 4) is 0 Å². The molecule has 5 rings (SSSR count). The summed E-state index contributed by atoms with van der Waals surface area (Å²) in [6, 6.07) is 30.3. The van der Waals surface area contributed by atoms with Crippen LogP contribution in [0.3, 0.4) is 0 Å². The Bertz CT molecular complexity index is 1600. The molecule has 0 bridgehead atoms. The van der Waals surface area contributed by atoms with Gasteiger partial charge in [-0.1, -0.05) is 72.8 Å². The van der Waals surface area contributed by atoms with Crippen molar-refractivity contribution in [1.82, 2.24) is 9.88 Å². The summed E-state index contributed by atoms with van der Waals surface area (Å²) in [6.07, 6.45) is 2.05. The van der Waals surface area contributed by atoms with Gasteiger partial charge in [-0.15, -0.1) is 0 Å². The van der Waals surface area contributed by atoms with Gasteiger partial charge in [-0.25, -0.2) is 4.39 Å². The molecule has 2 unspecified atom stereocenters. The maximum atomic E-state index is 13.9. The number of non-ortho nitro benzene ring substituents is 1. The first-order valence-corrected chi connectivity index (χ1v) is 12.8. The number of aromatic nitrogens is 1. The van der Waals surface area contributed by atoms with Gasteiger partial charge in [-0.2, -0.15) is 0 Å². The van der Waals surface area contributed by atoms with Crippen LogP contribution in [0.5, 0.6) is 0 Å². The first-order valence-electron chi connectivity index (χ1n) is 12.8. The first kappa shape index (κ1) is 25.9. The number of nitro benzene ring substituents is 1. The van der Waals surface area contributed by atoms with E-state index in [-0.39, 0.29) is 29.9 Å². The van der Waals surface area contributed by atoms with E-state index in [1.54, 1.807) is 24.3 Å². The highest BCUT2D eigenvalue weighted by molar-refractivity contribution is 5.88. The van der Waals surface area contributed by atoms with Crippen molar-refractivity contribution in [3.05, 3.63) is 148 Å². The van der Waals surface area contributed by atoms with Crippen LogP contribution in [0.4, 0.5) is 10.1 Å². The smallest absolute Gasteiger partial charge is 0.270 e. The Balaban J connectivity index is 1.57. The van der Waals surface area contributed by atoms with E-state index in [2.05, 4.69) is 5.32 Å². The summed E-state index contributed by atoms with van der Waals surface area (Å²) in [5.41, 5.74) is 4.39. The van der Waals surface area contributed by atoms with E-state index in [0.717, 1.165) is 27.8 Å². The number of benzene rings is 4. The number of halogens is 1.